The molecule has 4 nitrogen and oxygen atoms in total. The van der Waals surface area contributed by atoms with Gasteiger partial charge in [0.25, 0.3) is 0 Å². The summed E-state index contributed by atoms with van der Waals surface area (Å²) < 4.78 is 18.4. The van der Waals surface area contributed by atoms with Gasteiger partial charge in [-0.1, -0.05) is 75.8 Å². The lowest BCUT2D eigenvalue weighted by atomic mass is 9.88. The molecule has 3 rings (SSSR count). The van der Waals surface area contributed by atoms with Crippen molar-refractivity contribution in [2.45, 2.75) is 102 Å². The Balaban J connectivity index is 1.61. The van der Waals surface area contributed by atoms with Crippen LogP contribution in [0.3, 0.4) is 0 Å². The predicted molar refractivity (Wildman–Crippen MR) is 158 cm³/mol. The molecule has 2 fully saturated rings. The molecule has 1 aliphatic carbocycles. The molecule has 2 aliphatic rings. The first-order valence-corrected chi connectivity index (χ1v) is 20.5. The van der Waals surface area contributed by atoms with Crippen LogP contribution >= 0.6 is 35.4 Å². The molecule has 0 unspecified atom stereocenters. The topological polar surface area (TPSA) is 30.9 Å². The maximum absolute atomic E-state index is 6.72. The summed E-state index contributed by atoms with van der Waals surface area (Å²) in [5, 5.41) is 1.34. The Hall–Kier alpha value is -0.156. The van der Waals surface area contributed by atoms with E-state index < -0.39 is 16.4 Å². The van der Waals surface area contributed by atoms with E-state index in [0.29, 0.717) is 28.8 Å². The van der Waals surface area contributed by atoms with Gasteiger partial charge in [-0.05, 0) is 49.2 Å². The second-order valence-electron chi connectivity index (χ2n) is 12.8. The summed E-state index contributed by atoms with van der Waals surface area (Å²) in [4.78, 5) is 3.39. The molecular formula is C26H43Cl2NO3SSi2. The van der Waals surface area contributed by atoms with Gasteiger partial charge in [-0.2, -0.15) is 0 Å². The Bertz CT molecular complexity index is 911. The van der Waals surface area contributed by atoms with Gasteiger partial charge in [0, 0.05) is 51.3 Å². The average Bonchev–Trinajstić information content (AvgIpc) is 3.05. The Morgan fingerprint density at radius 3 is 2.34 bits per heavy atom. The third kappa shape index (κ3) is 7.46. The van der Waals surface area contributed by atoms with Crippen molar-refractivity contribution in [1.29, 1.82) is 0 Å². The van der Waals surface area contributed by atoms with Crippen molar-refractivity contribution in [3.63, 3.8) is 0 Å². The van der Waals surface area contributed by atoms with Gasteiger partial charge >= 0.3 is 0 Å². The fraction of sp³-hybridized carbons (Fsp3) is 0.731. The van der Waals surface area contributed by atoms with Crippen LogP contribution in [-0.2, 0) is 9.16 Å². The lowest BCUT2D eigenvalue weighted by Gasteiger charge is -2.47. The predicted octanol–water partition coefficient (Wildman–Crippen LogP) is 8.35. The summed E-state index contributed by atoms with van der Waals surface area (Å²) >= 11 is 19.0. The highest BCUT2D eigenvalue weighted by Gasteiger charge is 2.45. The average molecular weight is 577 g/mol. The number of ether oxygens (including phenoxy) is 2. The molecule has 198 valence electrons. The molecule has 1 aromatic carbocycles. The Labute approximate surface area is 230 Å². The zero-order chi connectivity index (χ0) is 26.2. The molecule has 1 aromatic rings. The normalized spacial score (nSPS) is 23.5. The molecule has 1 saturated heterocycles. The first-order chi connectivity index (χ1) is 16.1. The van der Waals surface area contributed by atoms with Gasteiger partial charge in [-0.25, -0.2) is 0 Å². The van der Waals surface area contributed by atoms with Gasteiger partial charge in [0.1, 0.15) is 5.75 Å². The highest BCUT2D eigenvalue weighted by atomic mass is 35.5. The zero-order valence-electron chi connectivity index (χ0n) is 22.7. The van der Waals surface area contributed by atoms with Crippen LogP contribution in [0.4, 0.5) is 0 Å². The minimum atomic E-state index is -1.75. The highest BCUT2D eigenvalue weighted by molar-refractivity contribution is 7.80. The zero-order valence-corrected chi connectivity index (χ0v) is 27.0. The summed E-state index contributed by atoms with van der Waals surface area (Å²) in [6.07, 6.45) is 3.20. The van der Waals surface area contributed by atoms with E-state index in [0.717, 1.165) is 48.2 Å². The van der Waals surface area contributed by atoms with E-state index in [1.165, 1.54) is 0 Å². The van der Waals surface area contributed by atoms with E-state index in [-0.39, 0.29) is 17.7 Å². The van der Waals surface area contributed by atoms with Crippen LogP contribution in [0.15, 0.2) is 12.1 Å². The molecule has 9 heteroatoms. The number of thiocarbonyl (C=S) groups is 1. The number of rotatable bonds is 10. The van der Waals surface area contributed by atoms with Crippen molar-refractivity contribution >= 4 is 56.8 Å². The van der Waals surface area contributed by atoms with Crippen LogP contribution < -0.4 is 4.74 Å². The second kappa shape index (κ2) is 11.3. The van der Waals surface area contributed by atoms with Crippen molar-refractivity contribution in [1.82, 2.24) is 4.90 Å². The fourth-order valence-electron chi connectivity index (χ4n) is 4.36. The maximum atomic E-state index is 6.72. The largest absolute Gasteiger partial charge is 0.467 e. The van der Waals surface area contributed by atoms with Gasteiger partial charge in [0.05, 0.1) is 15.0 Å². The summed E-state index contributed by atoms with van der Waals surface area (Å²) in [6, 6.07) is 5.25. The lowest BCUT2D eigenvalue weighted by Crippen LogP contribution is -2.53. The summed E-state index contributed by atoms with van der Waals surface area (Å²) in [7, 11) is -2.88. The van der Waals surface area contributed by atoms with Crippen LogP contribution in [0, 0.1) is 0 Å². The SMILES string of the molecule is CC(C)(C)[Si](C)(C)OC1CC(N2C[C@@H](c3c(OCOCC[Si](C)(C)C)ccc(Cl)c3Cl)CC2=S)C1. The van der Waals surface area contributed by atoms with Crippen LogP contribution in [0.5, 0.6) is 5.75 Å². The molecule has 1 heterocycles. The summed E-state index contributed by atoms with van der Waals surface area (Å²) in [5.41, 5.74) is 0.950. The number of benzene rings is 1. The van der Waals surface area contributed by atoms with Gasteiger partial charge in [0.15, 0.2) is 15.1 Å². The molecule has 0 aromatic heterocycles. The first kappa shape index (κ1) is 29.4. The number of likely N-dealkylation sites (tertiary alicyclic amines) is 1. The molecule has 1 saturated carbocycles. The first-order valence-electron chi connectivity index (χ1n) is 12.7. The van der Waals surface area contributed by atoms with E-state index >= 15 is 0 Å². The molecular weight excluding hydrogens is 533 g/mol. The minimum Gasteiger partial charge on any atom is -0.467 e. The van der Waals surface area contributed by atoms with E-state index in [2.05, 4.69) is 58.4 Å². The Morgan fingerprint density at radius 2 is 1.74 bits per heavy atom. The molecule has 0 bridgehead atoms. The van der Waals surface area contributed by atoms with E-state index in [1.54, 1.807) is 6.07 Å². The molecule has 0 N–H and O–H groups in total. The third-order valence-corrected chi connectivity index (χ3v) is 15.2. The monoisotopic (exact) mass is 575 g/mol. The summed E-state index contributed by atoms with van der Waals surface area (Å²) in [6.45, 7) is 20.3. The lowest BCUT2D eigenvalue weighted by molar-refractivity contribution is 0.0210. The highest BCUT2D eigenvalue weighted by Crippen LogP contribution is 2.46. The third-order valence-electron chi connectivity index (χ3n) is 7.73. The van der Waals surface area contributed by atoms with E-state index in [4.69, 9.17) is 49.3 Å². The number of hydrogen-bond donors (Lipinski definition) is 0. The smallest absolute Gasteiger partial charge is 0.192 e. The summed E-state index contributed by atoms with van der Waals surface area (Å²) in [5.74, 6) is 0.904. The Kier molecular flexibility index (Phi) is 9.49. The van der Waals surface area contributed by atoms with E-state index in [9.17, 15) is 0 Å². The van der Waals surface area contributed by atoms with Gasteiger partial charge in [-0.15, -0.1) is 0 Å². The number of halogens is 2. The molecule has 1 atom stereocenters. The second-order valence-corrected chi connectivity index (χ2v) is 24.5. The molecule has 0 radical (unpaired) electrons. The van der Waals surface area contributed by atoms with Crippen LogP contribution in [0.25, 0.3) is 0 Å². The van der Waals surface area contributed by atoms with Crippen molar-refractivity contribution in [2.75, 3.05) is 19.9 Å². The molecule has 1 aliphatic heterocycles. The fourth-order valence-corrected chi connectivity index (χ4v) is 7.39. The molecule has 0 spiro atoms. The van der Waals surface area contributed by atoms with Gasteiger partial charge in [-0.3, -0.25) is 0 Å². The van der Waals surface area contributed by atoms with Crippen LogP contribution in [-0.4, -0.2) is 58.4 Å². The number of nitrogens with zero attached hydrogens (tertiary/aromatic N) is 1. The number of hydrogen-bond acceptors (Lipinski definition) is 4. The minimum absolute atomic E-state index is 0.158. The van der Waals surface area contributed by atoms with Crippen LogP contribution in [0.2, 0.25) is 53.9 Å². The molecule has 35 heavy (non-hydrogen) atoms. The van der Waals surface area contributed by atoms with Gasteiger partial charge in [0.2, 0.25) is 0 Å². The standard InChI is InChI=1S/C26H43Cl2NO3SSi2/c1-26(2,3)35(7,8)32-20-14-19(15-20)29-16-18(13-23(29)33)24-22(10-9-21(27)25(24)28)31-17-30-11-12-34(4,5)6/h9-10,18-20H,11-17H2,1-8H3/t18-,19?,20?/m0/s1. The van der Waals surface area contributed by atoms with Crippen molar-refractivity contribution in [3.05, 3.63) is 27.7 Å². The van der Waals surface area contributed by atoms with Gasteiger partial charge < -0.3 is 18.8 Å². The van der Waals surface area contributed by atoms with Crippen molar-refractivity contribution in [3.8, 4) is 5.75 Å². The van der Waals surface area contributed by atoms with Crippen molar-refractivity contribution < 1.29 is 13.9 Å². The van der Waals surface area contributed by atoms with Crippen LogP contribution in [0.1, 0.15) is 51.5 Å². The Morgan fingerprint density at radius 1 is 1.09 bits per heavy atom. The van der Waals surface area contributed by atoms with E-state index in [1.807, 2.05) is 6.07 Å². The quantitative estimate of drug-likeness (QED) is 0.121. The van der Waals surface area contributed by atoms with Crippen molar-refractivity contribution in [2.24, 2.45) is 0 Å². The molecule has 0 amide bonds. The maximum Gasteiger partial charge on any atom is 0.192 e.